The van der Waals surface area contributed by atoms with Gasteiger partial charge < -0.3 is 15.4 Å². The van der Waals surface area contributed by atoms with Gasteiger partial charge in [0.2, 0.25) is 5.95 Å². The monoisotopic (exact) mass is 278 g/mol. The zero-order valence-electron chi connectivity index (χ0n) is 10.8. The van der Waals surface area contributed by atoms with E-state index in [9.17, 15) is 0 Å². The summed E-state index contributed by atoms with van der Waals surface area (Å²) >= 11 is 6.05. The van der Waals surface area contributed by atoms with Crippen LogP contribution in [-0.2, 0) is 6.54 Å². The Balaban J connectivity index is 2.14. The number of hydrogen-bond donors (Lipinski definition) is 2. The number of anilines is 2. The van der Waals surface area contributed by atoms with E-state index in [0.29, 0.717) is 23.3 Å². The molecule has 0 saturated heterocycles. The molecule has 1 heterocycles. The van der Waals surface area contributed by atoms with Gasteiger partial charge in [0, 0.05) is 19.2 Å². The largest absolute Gasteiger partial charge is 0.496 e. The van der Waals surface area contributed by atoms with Crippen LogP contribution in [0.3, 0.4) is 0 Å². The van der Waals surface area contributed by atoms with E-state index in [2.05, 4.69) is 20.6 Å². The molecular formula is C13H15ClN4O. The Bertz CT molecular complexity index is 562. The van der Waals surface area contributed by atoms with E-state index in [0.717, 1.165) is 11.3 Å². The second kappa shape index (κ2) is 6.24. The fraction of sp³-hybridized carbons (Fsp3) is 0.231. The summed E-state index contributed by atoms with van der Waals surface area (Å²) in [6.45, 7) is 0.573. The Labute approximate surface area is 117 Å². The van der Waals surface area contributed by atoms with Crippen LogP contribution in [-0.4, -0.2) is 24.1 Å². The van der Waals surface area contributed by atoms with E-state index < -0.39 is 0 Å². The number of halogens is 1. The topological polar surface area (TPSA) is 59.1 Å². The van der Waals surface area contributed by atoms with Crippen molar-refractivity contribution in [3.05, 3.63) is 41.0 Å². The van der Waals surface area contributed by atoms with Crippen LogP contribution >= 0.6 is 11.6 Å². The standard InChI is InChI=1S/C13H15ClN4O/c1-15-13-17-8-10(14)12(18-13)16-7-9-5-3-4-6-11(9)19-2/h3-6,8H,7H2,1-2H3,(H2,15,16,17,18). The van der Waals surface area contributed by atoms with E-state index >= 15 is 0 Å². The van der Waals surface area contributed by atoms with Gasteiger partial charge in [0.05, 0.1) is 13.3 Å². The number of aromatic nitrogens is 2. The lowest BCUT2D eigenvalue weighted by atomic mass is 10.2. The maximum absolute atomic E-state index is 6.05. The Morgan fingerprint density at radius 2 is 2.11 bits per heavy atom. The van der Waals surface area contributed by atoms with Crippen molar-refractivity contribution in [2.45, 2.75) is 6.54 Å². The first-order valence-electron chi connectivity index (χ1n) is 5.80. The third-order valence-corrected chi connectivity index (χ3v) is 2.88. The molecule has 0 aliphatic rings. The quantitative estimate of drug-likeness (QED) is 0.881. The van der Waals surface area contributed by atoms with Crippen molar-refractivity contribution in [2.24, 2.45) is 0 Å². The molecule has 0 aliphatic carbocycles. The molecule has 2 N–H and O–H groups in total. The molecule has 0 radical (unpaired) electrons. The van der Waals surface area contributed by atoms with Gasteiger partial charge in [-0.1, -0.05) is 29.8 Å². The predicted octanol–water partition coefficient (Wildman–Crippen LogP) is 2.79. The first kappa shape index (κ1) is 13.4. The second-order valence-electron chi connectivity index (χ2n) is 3.81. The third-order valence-electron chi connectivity index (χ3n) is 2.61. The minimum atomic E-state index is 0.480. The summed E-state index contributed by atoms with van der Waals surface area (Å²) in [5.74, 6) is 1.94. The van der Waals surface area contributed by atoms with Gasteiger partial charge in [0.1, 0.15) is 10.8 Å². The summed E-state index contributed by atoms with van der Waals surface area (Å²) in [6.07, 6.45) is 1.56. The van der Waals surface area contributed by atoms with Crippen LogP contribution in [0.15, 0.2) is 30.5 Å². The van der Waals surface area contributed by atoms with Crippen molar-refractivity contribution >= 4 is 23.4 Å². The zero-order valence-corrected chi connectivity index (χ0v) is 11.5. The molecule has 0 unspecified atom stereocenters. The van der Waals surface area contributed by atoms with Crippen molar-refractivity contribution in [1.82, 2.24) is 9.97 Å². The highest BCUT2D eigenvalue weighted by Crippen LogP contribution is 2.22. The van der Waals surface area contributed by atoms with Gasteiger partial charge in [-0.2, -0.15) is 4.98 Å². The Kier molecular flexibility index (Phi) is 4.41. The normalized spacial score (nSPS) is 10.1. The Morgan fingerprint density at radius 3 is 2.84 bits per heavy atom. The number of benzene rings is 1. The molecule has 6 heteroatoms. The Hall–Kier alpha value is -2.01. The average molecular weight is 279 g/mol. The first-order chi connectivity index (χ1) is 9.24. The van der Waals surface area contributed by atoms with Crippen LogP contribution < -0.4 is 15.4 Å². The molecular weight excluding hydrogens is 264 g/mol. The van der Waals surface area contributed by atoms with Crippen molar-refractivity contribution in [2.75, 3.05) is 24.8 Å². The van der Waals surface area contributed by atoms with Crippen LogP contribution in [0.4, 0.5) is 11.8 Å². The Morgan fingerprint density at radius 1 is 1.32 bits per heavy atom. The zero-order chi connectivity index (χ0) is 13.7. The number of rotatable bonds is 5. The van der Waals surface area contributed by atoms with E-state index in [1.807, 2.05) is 24.3 Å². The second-order valence-corrected chi connectivity index (χ2v) is 4.21. The van der Waals surface area contributed by atoms with E-state index in [1.54, 1.807) is 20.4 Å². The third kappa shape index (κ3) is 3.26. The van der Waals surface area contributed by atoms with Crippen LogP contribution in [0.2, 0.25) is 5.02 Å². The van der Waals surface area contributed by atoms with Gasteiger partial charge in [-0.3, -0.25) is 0 Å². The van der Waals surface area contributed by atoms with Crippen LogP contribution in [0, 0.1) is 0 Å². The molecule has 100 valence electrons. The summed E-state index contributed by atoms with van der Waals surface area (Å²) in [5, 5.41) is 6.53. The molecule has 0 bridgehead atoms. The van der Waals surface area contributed by atoms with Gasteiger partial charge >= 0.3 is 0 Å². The lowest BCUT2D eigenvalue weighted by Crippen LogP contribution is -2.06. The van der Waals surface area contributed by atoms with Crippen LogP contribution in [0.1, 0.15) is 5.56 Å². The van der Waals surface area contributed by atoms with Crippen LogP contribution in [0.25, 0.3) is 0 Å². The highest BCUT2D eigenvalue weighted by molar-refractivity contribution is 6.32. The van der Waals surface area contributed by atoms with E-state index in [4.69, 9.17) is 16.3 Å². The minimum Gasteiger partial charge on any atom is -0.496 e. The highest BCUT2D eigenvalue weighted by Gasteiger charge is 2.06. The number of hydrogen-bond acceptors (Lipinski definition) is 5. The fourth-order valence-corrected chi connectivity index (χ4v) is 1.80. The smallest absolute Gasteiger partial charge is 0.224 e. The fourth-order valence-electron chi connectivity index (χ4n) is 1.64. The van der Waals surface area contributed by atoms with E-state index in [-0.39, 0.29) is 0 Å². The van der Waals surface area contributed by atoms with Gasteiger partial charge in [-0.15, -0.1) is 0 Å². The summed E-state index contributed by atoms with van der Waals surface area (Å²) in [7, 11) is 3.41. The van der Waals surface area contributed by atoms with E-state index in [1.165, 1.54) is 0 Å². The number of nitrogens with zero attached hydrogens (tertiary/aromatic N) is 2. The molecule has 0 fully saturated rings. The number of methoxy groups -OCH3 is 1. The highest BCUT2D eigenvalue weighted by atomic mass is 35.5. The molecule has 2 rings (SSSR count). The van der Waals surface area contributed by atoms with Crippen molar-refractivity contribution in [1.29, 1.82) is 0 Å². The van der Waals surface area contributed by atoms with Crippen molar-refractivity contribution in [3.8, 4) is 5.75 Å². The van der Waals surface area contributed by atoms with Crippen LogP contribution in [0.5, 0.6) is 5.75 Å². The summed E-state index contributed by atoms with van der Waals surface area (Å²) in [6, 6.07) is 7.79. The number of para-hydroxylation sites is 1. The molecule has 5 nitrogen and oxygen atoms in total. The molecule has 1 aromatic carbocycles. The molecule has 0 aliphatic heterocycles. The number of nitrogens with one attached hydrogen (secondary N) is 2. The average Bonchev–Trinajstić information content (AvgIpc) is 2.46. The molecule has 2 aromatic rings. The lowest BCUT2D eigenvalue weighted by Gasteiger charge is -2.11. The lowest BCUT2D eigenvalue weighted by molar-refractivity contribution is 0.410. The summed E-state index contributed by atoms with van der Waals surface area (Å²) < 4.78 is 5.29. The van der Waals surface area contributed by atoms with Gasteiger partial charge in [-0.05, 0) is 6.07 Å². The molecule has 0 spiro atoms. The molecule has 19 heavy (non-hydrogen) atoms. The SMILES string of the molecule is CNc1ncc(Cl)c(NCc2ccccc2OC)n1. The van der Waals surface area contributed by atoms with Crippen molar-refractivity contribution < 1.29 is 4.74 Å². The first-order valence-corrected chi connectivity index (χ1v) is 6.18. The summed E-state index contributed by atoms with van der Waals surface area (Å²) in [4.78, 5) is 8.28. The maximum Gasteiger partial charge on any atom is 0.224 e. The molecule has 0 saturated carbocycles. The van der Waals surface area contributed by atoms with Gasteiger partial charge in [0.25, 0.3) is 0 Å². The number of ether oxygens (including phenoxy) is 1. The maximum atomic E-state index is 6.05. The summed E-state index contributed by atoms with van der Waals surface area (Å²) in [5.41, 5.74) is 1.03. The van der Waals surface area contributed by atoms with Gasteiger partial charge in [0.15, 0.2) is 5.82 Å². The predicted molar refractivity (Wildman–Crippen MR) is 76.9 cm³/mol. The molecule has 0 amide bonds. The van der Waals surface area contributed by atoms with Crippen molar-refractivity contribution in [3.63, 3.8) is 0 Å². The molecule has 0 atom stereocenters. The minimum absolute atomic E-state index is 0.480. The molecule has 1 aromatic heterocycles. The van der Waals surface area contributed by atoms with Gasteiger partial charge in [-0.25, -0.2) is 4.98 Å².